The Kier molecular flexibility index (Phi) is 5.43. The van der Waals surface area contributed by atoms with Gasteiger partial charge in [-0.3, -0.25) is 4.79 Å². The monoisotopic (exact) mass is 262 g/mol. The molecule has 1 rings (SSSR count). The molecule has 0 atom stereocenters. The third kappa shape index (κ3) is 3.91. The van der Waals surface area contributed by atoms with Crippen molar-refractivity contribution in [3.63, 3.8) is 0 Å². The van der Waals surface area contributed by atoms with Crippen molar-refractivity contribution in [2.45, 2.75) is 12.8 Å². The van der Waals surface area contributed by atoms with E-state index in [1.807, 2.05) is 0 Å². The van der Waals surface area contributed by atoms with E-state index in [4.69, 9.17) is 27.9 Å². The van der Waals surface area contributed by atoms with Gasteiger partial charge < -0.3 is 9.47 Å². The molecule has 0 aromatic heterocycles. The van der Waals surface area contributed by atoms with Crippen LogP contribution >= 0.6 is 23.2 Å². The van der Waals surface area contributed by atoms with Gasteiger partial charge in [-0.2, -0.15) is 0 Å². The maximum Gasteiger partial charge on any atom is 0.305 e. The lowest BCUT2D eigenvalue weighted by Gasteiger charge is -2.08. The molecule has 0 aliphatic heterocycles. The Hall–Kier alpha value is -0.930. The first-order chi connectivity index (χ1) is 7.65. The standard InChI is InChI=1S/C11H12Cl2O3/c1-15-10(14)6-3-7-16-9-5-2-4-8(12)11(9)13/h2,4-5H,3,6-7H2,1H3. The summed E-state index contributed by atoms with van der Waals surface area (Å²) in [6.45, 7) is 0.398. The van der Waals surface area contributed by atoms with Gasteiger partial charge in [0.15, 0.2) is 0 Å². The van der Waals surface area contributed by atoms with E-state index in [9.17, 15) is 4.79 Å². The number of methoxy groups -OCH3 is 1. The minimum absolute atomic E-state index is 0.249. The van der Waals surface area contributed by atoms with Crippen LogP contribution in [-0.2, 0) is 9.53 Å². The van der Waals surface area contributed by atoms with Crippen LogP contribution in [0.5, 0.6) is 5.75 Å². The van der Waals surface area contributed by atoms with Crippen LogP contribution in [0.15, 0.2) is 18.2 Å². The smallest absolute Gasteiger partial charge is 0.305 e. The van der Waals surface area contributed by atoms with E-state index in [1.165, 1.54) is 7.11 Å². The highest BCUT2D eigenvalue weighted by Crippen LogP contribution is 2.31. The molecule has 0 saturated heterocycles. The van der Waals surface area contributed by atoms with Gasteiger partial charge in [-0.25, -0.2) is 0 Å². The highest BCUT2D eigenvalue weighted by atomic mass is 35.5. The fourth-order valence-electron chi connectivity index (χ4n) is 1.10. The van der Waals surface area contributed by atoms with Crippen LogP contribution in [0.3, 0.4) is 0 Å². The number of esters is 1. The van der Waals surface area contributed by atoms with Crippen molar-refractivity contribution in [1.29, 1.82) is 0 Å². The zero-order valence-electron chi connectivity index (χ0n) is 8.83. The number of benzene rings is 1. The zero-order valence-corrected chi connectivity index (χ0v) is 10.3. The summed E-state index contributed by atoms with van der Waals surface area (Å²) in [7, 11) is 1.36. The normalized spacial score (nSPS) is 9.94. The summed E-state index contributed by atoms with van der Waals surface area (Å²) in [4.78, 5) is 10.8. The van der Waals surface area contributed by atoms with Gasteiger partial charge in [0.05, 0.1) is 18.7 Å². The predicted octanol–water partition coefficient (Wildman–Crippen LogP) is 3.33. The van der Waals surface area contributed by atoms with E-state index in [0.29, 0.717) is 35.2 Å². The Morgan fingerprint density at radius 2 is 2.12 bits per heavy atom. The number of carbonyl (C=O) groups excluding carboxylic acids is 1. The highest BCUT2D eigenvalue weighted by Gasteiger charge is 2.05. The molecule has 5 heteroatoms. The molecule has 0 unspecified atom stereocenters. The SMILES string of the molecule is COC(=O)CCCOc1cccc(Cl)c1Cl. The summed E-state index contributed by atoms with van der Waals surface area (Å²) in [6, 6.07) is 5.17. The van der Waals surface area contributed by atoms with Crippen molar-refractivity contribution in [3.8, 4) is 5.75 Å². The Morgan fingerprint density at radius 3 is 2.81 bits per heavy atom. The fourth-order valence-corrected chi connectivity index (χ4v) is 1.44. The molecule has 0 radical (unpaired) electrons. The van der Waals surface area contributed by atoms with Crippen LogP contribution in [-0.4, -0.2) is 19.7 Å². The largest absolute Gasteiger partial charge is 0.492 e. The maximum atomic E-state index is 10.8. The molecule has 3 nitrogen and oxygen atoms in total. The average Bonchev–Trinajstić information content (AvgIpc) is 2.29. The van der Waals surface area contributed by atoms with Crippen LogP contribution in [0.25, 0.3) is 0 Å². The molecular weight excluding hydrogens is 251 g/mol. The van der Waals surface area contributed by atoms with Crippen LogP contribution in [0.2, 0.25) is 10.0 Å². The molecule has 0 aliphatic rings. The van der Waals surface area contributed by atoms with Crippen LogP contribution in [0.1, 0.15) is 12.8 Å². The van der Waals surface area contributed by atoms with Crippen molar-refractivity contribution in [2.24, 2.45) is 0 Å². The lowest BCUT2D eigenvalue weighted by atomic mass is 10.3. The van der Waals surface area contributed by atoms with Crippen LogP contribution in [0, 0.1) is 0 Å². The summed E-state index contributed by atoms with van der Waals surface area (Å²) in [5, 5.41) is 0.842. The summed E-state index contributed by atoms with van der Waals surface area (Å²) >= 11 is 11.7. The minimum Gasteiger partial charge on any atom is -0.492 e. The van der Waals surface area contributed by atoms with Gasteiger partial charge in [0.1, 0.15) is 10.8 Å². The van der Waals surface area contributed by atoms with Gasteiger partial charge >= 0.3 is 5.97 Å². The van der Waals surface area contributed by atoms with Crippen molar-refractivity contribution in [2.75, 3.05) is 13.7 Å². The third-order valence-electron chi connectivity index (χ3n) is 1.93. The molecule has 0 amide bonds. The predicted molar refractivity (Wildman–Crippen MR) is 63.2 cm³/mol. The van der Waals surface area contributed by atoms with E-state index >= 15 is 0 Å². The second kappa shape index (κ2) is 6.61. The van der Waals surface area contributed by atoms with Gasteiger partial charge in [0, 0.05) is 6.42 Å². The number of hydrogen-bond acceptors (Lipinski definition) is 3. The van der Waals surface area contributed by atoms with Gasteiger partial charge in [0.2, 0.25) is 0 Å². The van der Waals surface area contributed by atoms with Crippen LogP contribution < -0.4 is 4.74 Å². The minimum atomic E-state index is -0.249. The van der Waals surface area contributed by atoms with Gasteiger partial charge in [-0.1, -0.05) is 29.3 Å². The van der Waals surface area contributed by atoms with E-state index in [-0.39, 0.29) is 5.97 Å². The summed E-state index contributed by atoms with van der Waals surface area (Å²) < 4.78 is 9.89. The van der Waals surface area contributed by atoms with Gasteiger partial charge in [-0.15, -0.1) is 0 Å². The molecule has 0 aliphatic carbocycles. The second-order valence-electron chi connectivity index (χ2n) is 3.08. The van der Waals surface area contributed by atoms with E-state index in [1.54, 1.807) is 18.2 Å². The number of halogens is 2. The van der Waals surface area contributed by atoms with E-state index < -0.39 is 0 Å². The Morgan fingerprint density at radius 1 is 1.38 bits per heavy atom. The molecular formula is C11H12Cl2O3. The van der Waals surface area contributed by atoms with Crippen molar-refractivity contribution in [1.82, 2.24) is 0 Å². The Labute approximate surface area is 104 Å². The molecule has 0 bridgehead atoms. The van der Waals surface area contributed by atoms with Crippen LogP contribution in [0.4, 0.5) is 0 Å². The number of carbonyl (C=O) groups is 1. The summed E-state index contributed by atoms with van der Waals surface area (Å²) in [5.41, 5.74) is 0. The molecule has 0 N–H and O–H groups in total. The van der Waals surface area contributed by atoms with E-state index in [0.717, 1.165) is 0 Å². The number of rotatable bonds is 5. The lowest BCUT2D eigenvalue weighted by Crippen LogP contribution is -2.04. The second-order valence-corrected chi connectivity index (χ2v) is 3.87. The first-order valence-electron chi connectivity index (χ1n) is 4.78. The van der Waals surface area contributed by atoms with Crippen molar-refractivity contribution >= 4 is 29.2 Å². The maximum absolute atomic E-state index is 10.8. The Bertz CT molecular complexity index is 366. The molecule has 88 valence electrons. The Balaban J connectivity index is 2.38. The van der Waals surface area contributed by atoms with E-state index in [2.05, 4.69) is 4.74 Å². The molecule has 0 spiro atoms. The molecule has 0 heterocycles. The first-order valence-corrected chi connectivity index (χ1v) is 5.54. The topological polar surface area (TPSA) is 35.5 Å². The average molecular weight is 263 g/mol. The molecule has 1 aromatic carbocycles. The highest BCUT2D eigenvalue weighted by molar-refractivity contribution is 6.42. The molecule has 16 heavy (non-hydrogen) atoms. The van der Waals surface area contributed by atoms with Gasteiger partial charge in [-0.05, 0) is 18.6 Å². The number of hydrogen-bond donors (Lipinski definition) is 0. The fraction of sp³-hybridized carbons (Fsp3) is 0.364. The zero-order chi connectivity index (χ0) is 12.0. The first kappa shape index (κ1) is 13.1. The summed E-state index contributed by atoms with van der Waals surface area (Å²) in [5.74, 6) is 0.278. The van der Waals surface area contributed by atoms with Crippen molar-refractivity contribution < 1.29 is 14.3 Å². The quantitative estimate of drug-likeness (QED) is 0.603. The lowest BCUT2D eigenvalue weighted by molar-refractivity contribution is -0.140. The molecule has 0 saturated carbocycles. The third-order valence-corrected chi connectivity index (χ3v) is 2.73. The molecule has 0 fully saturated rings. The molecule has 1 aromatic rings. The van der Waals surface area contributed by atoms with Crippen molar-refractivity contribution in [3.05, 3.63) is 28.2 Å². The summed E-state index contributed by atoms with van der Waals surface area (Å²) in [6.07, 6.45) is 0.907. The van der Waals surface area contributed by atoms with Gasteiger partial charge in [0.25, 0.3) is 0 Å². The number of ether oxygens (including phenoxy) is 2.